The van der Waals surface area contributed by atoms with Gasteiger partial charge in [-0.25, -0.2) is 9.79 Å². The lowest BCUT2D eigenvalue weighted by Crippen LogP contribution is -2.39. The van der Waals surface area contributed by atoms with Crippen LogP contribution in [0.3, 0.4) is 0 Å². The van der Waals surface area contributed by atoms with E-state index in [0.717, 1.165) is 15.9 Å². The average molecular weight is 302 g/mol. The quantitative estimate of drug-likeness (QED) is 0.452. The summed E-state index contributed by atoms with van der Waals surface area (Å²) in [6, 6.07) is 1.96. The molecule has 0 aliphatic carbocycles. The third kappa shape index (κ3) is 6.88. The highest BCUT2D eigenvalue weighted by atomic mass is 32.2. The van der Waals surface area contributed by atoms with E-state index in [1.165, 1.54) is 30.4 Å². The molecule has 4 nitrogen and oxygen atoms in total. The van der Waals surface area contributed by atoms with Crippen LogP contribution in [0.25, 0.3) is 0 Å². The van der Waals surface area contributed by atoms with Gasteiger partial charge in [0.25, 0.3) is 0 Å². The molecule has 0 spiro atoms. The van der Waals surface area contributed by atoms with Gasteiger partial charge in [-0.3, -0.25) is 0 Å². The van der Waals surface area contributed by atoms with Gasteiger partial charge in [-0.1, -0.05) is 13.8 Å². The fourth-order valence-electron chi connectivity index (χ4n) is 1.03. The normalized spacial score (nSPS) is 14.2. The van der Waals surface area contributed by atoms with Crippen molar-refractivity contribution in [2.75, 3.05) is 11.5 Å². The molecule has 0 aliphatic heterocycles. The molecule has 6 heteroatoms. The van der Waals surface area contributed by atoms with Gasteiger partial charge in [-0.15, -0.1) is 23.5 Å². The van der Waals surface area contributed by atoms with Crippen LogP contribution in [0.5, 0.6) is 0 Å². The predicted octanol–water partition coefficient (Wildman–Crippen LogP) is 3.47. The van der Waals surface area contributed by atoms with Crippen LogP contribution in [0.2, 0.25) is 0 Å². The summed E-state index contributed by atoms with van der Waals surface area (Å²) >= 11 is 3.07. The molecule has 1 unspecified atom stereocenters. The van der Waals surface area contributed by atoms with E-state index in [2.05, 4.69) is 4.99 Å². The summed E-state index contributed by atoms with van der Waals surface area (Å²) < 4.78 is 6.01. The Labute approximate surface area is 124 Å². The van der Waals surface area contributed by atoms with Gasteiger partial charge < -0.3 is 4.74 Å². The van der Waals surface area contributed by atoms with Crippen LogP contribution in [-0.4, -0.2) is 33.0 Å². The molecule has 19 heavy (non-hydrogen) atoms. The van der Waals surface area contributed by atoms with Crippen molar-refractivity contribution in [2.45, 2.75) is 52.7 Å². The molecule has 108 valence electrons. The topological polar surface area (TPSA) is 62.5 Å². The maximum Gasteiger partial charge on any atom is 0.349 e. The molecule has 0 aromatic heterocycles. The highest BCUT2D eigenvalue weighted by Crippen LogP contribution is 2.24. The van der Waals surface area contributed by atoms with Crippen molar-refractivity contribution < 1.29 is 9.53 Å². The van der Waals surface area contributed by atoms with Gasteiger partial charge in [-0.05, 0) is 39.2 Å². The van der Waals surface area contributed by atoms with E-state index in [-0.39, 0.29) is 0 Å². The van der Waals surface area contributed by atoms with Crippen LogP contribution in [0.15, 0.2) is 4.99 Å². The maximum atomic E-state index is 12.1. The summed E-state index contributed by atoms with van der Waals surface area (Å²) in [5, 5.41) is 9.26. The Kier molecular flexibility index (Phi) is 7.53. The number of esters is 1. The molecule has 1 atom stereocenters. The third-order valence-electron chi connectivity index (χ3n) is 1.86. The van der Waals surface area contributed by atoms with Gasteiger partial charge in [0.2, 0.25) is 5.54 Å². The second-order valence-corrected chi connectivity index (χ2v) is 7.69. The number of hydrogen-bond acceptors (Lipinski definition) is 6. The number of thioether (sulfide) groups is 2. The first-order valence-electron chi connectivity index (χ1n) is 6.18. The minimum absolute atomic E-state index is 0.603. The van der Waals surface area contributed by atoms with E-state index in [4.69, 9.17) is 4.74 Å². The Balaban J connectivity index is 5.19. The van der Waals surface area contributed by atoms with Crippen molar-refractivity contribution in [3.63, 3.8) is 0 Å². The van der Waals surface area contributed by atoms with Crippen molar-refractivity contribution in [1.82, 2.24) is 0 Å². The van der Waals surface area contributed by atoms with Gasteiger partial charge in [0, 0.05) is 0 Å². The van der Waals surface area contributed by atoms with E-state index < -0.39 is 17.1 Å². The molecule has 0 aliphatic rings. The molecule has 0 saturated heterocycles. The van der Waals surface area contributed by atoms with Crippen molar-refractivity contribution in [2.24, 2.45) is 4.99 Å². The number of ether oxygens (including phenoxy) is 1. The lowest BCUT2D eigenvalue weighted by Gasteiger charge is -2.24. The Morgan fingerprint density at radius 3 is 2.00 bits per heavy atom. The minimum Gasteiger partial charge on any atom is -0.457 e. The van der Waals surface area contributed by atoms with Crippen molar-refractivity contribution in [3.05, 3.63) is 0 Å². The van der Waals surface area contributed by atoms with Gasteiger partial charge in [0.15, 0.2) is 0 Å². The number of carbonyl (C=O) groups excluding carboxylic acids is 1. The summed E-state index contributed by atoms with van der Waals surface area (Å²) in [6.45, 7) is 10.8. The number of aliphatic imine (C=N–C) groups is 1. The molecule has 0 N–H and O–H groups in total. The Morgan fingerprint density at radius 2 is 1.68 bits per heavy atom. The first kappa shape index (κ1) is 18.3. The number of hydrogen-bond donors (Lipinski definition) is 0. The van der Waals surface area contributed by atoms with Crippen molar-refractivity contribution in [3.8, 4) is 6.07 Å². The zero-order valence-corrected chi connectivity index (χ0v) is 14.1. The number of carbonyl (C=O) groups is 1. The maximum absolute atomic E-state index is 12.1. The van der Waals surface area contributed by atoms with Gasteiger partial charge in [0.1, 0.15) is 16.0 Å². The highest BCUT2D eigenvalue weighted by Gasteiger charge is 2.37. The minimum atomic E-state index is -1.48. The van der Waals surface area contributed by atoms with Crippen molar-refractivity contribution in [1.29, 1.82) is 5.26 Å². The fraction of sp³-hybridized carbons (Fsp3) is 0.769. The van der Waals surface area contributed by atoms with Crippen LogP contribution in [0, 0.1) is 11.3 Å². The van der Waals surface area contributed by atoms with Gasteiger partial charge in [-0.2, -0.15) is 5.26 Å². The highest BCUT2D eigenvalue weighted by molar-refractivity contribution is 8.38. The summed E-state index contributed by atoms with van der Waals surface area (Å²) in [6.07, 6.45) is 0. The number of rotatable bonds is 4. The Bertz CT molecular complexity index is 375. The van der Waals surface area contributed by atoms with Crippen LogP contribution in [0.4, 0.5) is 0 Å². The Morgan fingerprint density at radius 1 is 1.21 bits per heavy atom. The van der Waals surface area contributed by atoms with Crippen LogP contribution in [0.1, 0.15) is 41.5 Å². The molecule has 0 bridgehead atoms. The van der Waals surface area contributed by atoms with Gasteiger partial charge in [0.05, 0.1) is 0 Å². The lowest BCUT2D eigenvalue weighted by molar-refractivity contribution is -0.158. The molecule has 0 amide bonds. The molecule has 0 rings (SSSR count). The zero-order valence-electron chi connectivity index (χ0n) is 12.4. The molecule has 0 aromatic carbocycles. The van der Waals surface area contributed by atoms with E-state index in [0.29, 0.717) is 0 Å². The summed E-state index contributed by atoms with van der Waals surface area (Å²) in [5.41, 5.74) is -2.10. The van der Waals surface area contributed by atoms with E-state index in [1.54, 1.807) is 20.8 Å². The van der Waals surface area contributed by atoms with Crippen molar-refractivity contribution >= 4 is 33.9 Å². The van der Waals surface area contributed by atoms with E-state index >= 15 is 0 Å². The zero-order chi connectivity index (χ0) is 15.1. The largest absolute Gasteiger partial charge is 0.457 e. The smallest absolute Gasteiger partial charge is 0.349 e. The van der Waals surface area contributed by atoms with Crippen LogP contribution in [-0.2, 0) is 9.53 Å². The molecule has 0 aromatic rings. The number of nitrogens with zero attached hydrogens (tertiary/aromatic N) is 2. The average Bonchev–Trinajstić information content (AvgIpc) is 2.27. The lowest BCUT2D eigenvalue weighted by atomic mass is 10.1. The van der Waals surface area contributed by atoms with Crippen LogP contribution >= 0.6 is 23.5 Å². The first-order valence-corrected chi connectivity index (χ1v) is 8.15. The predicted molar refractivity (Wildman–Crippen MR) is 83.6 cm³/mol. The molecule has 0 radical (unpaired) electrons. The standard InChI is InChI=1S/C13H22N2O2S2/c1-7-18-11(19-8-2)15-13(6,9-14)10(16)17-12(3,4)5/h7-8H2,1-6H3. The fourth-order valence-corrected chi connectivity index (χ4v) is 3.06. The molecular weight excluding hydrogens is 280 g/mol. The van der Waals surface area contributed by atoms with Gasteiger partial charge >= 0.3 is 5.97 Å². The van der Waals surface area contributed by atoms with E-state index in [9.17, 15) is 10.1 Å². The summed E-state index contributed by atoms with van der Waals surface area (Å²) in [7, 11) is 0. The van der Waals surface area contributed by atoms with E-state index in [1.807, 2.05) is 19.9 Å². The molecule has 0 heterocycles. The molecule has 0 saturated carbocycles. The Hall–Kier alpha value is -0.670. The monoisotopic (exact) mass is 302 g/mol. The second kappa shape index (κ2) is 7.81. The third-order valence-corrected chi connectivity index (χ3v) is 3.83. The second-order valence-electron chi connectivity index (χ2n) is 4.93. The SMILES string of the molecule is CCSC(=NC(C)(C#N)C(=O)OC(C)(C)C)SCC. The number of nitriles is 1. The van der Waals surface area contributed by atoms with Crippen LogP contribution < -0.4 is 0 Å². The first-order chi connectivity index (χ1) is 8.68. The molecule has 0 fully saturated rings. The summed E-state index contributed by atoms with van der Waals surface area (Å²) in [5.74, 6) is 1.09. The summed E-state index contributed by atoms with van der Waals surface area (Å²) in [4.78, 5) is 16.4. The molecular formula is C13H22N2O2S2.